The summed E-state index contributed by atoms with van der Waals surface area (Å²) in [6, 6.07) is 12.5. The van der Waals surface area contributed by atoms with E-state index in [9.17, 15) is 9.59 Å². The van der Waals surface area contributed by atoms with Crippen molar-refractivity contribution in [2.45, 2.75) is 51.5 Å². The Morgan fingerprint density at radius 3 is 2.17 bits per heavy atom. The van der Waals surface area contributed by atoms with Gasteiger partial charge in [0, 0.05) is 17.2 Å². The van der Waals surface area contributed by atoms with Gasteiger partial charge in [-0.2, -0.15) is 0 Å². The third kappa shape index (κ3) is 3.62. The molecular weight excluding hydrogens is 374 g/mol. The molecule has 2 amide bonds. The van der Waals surface area contributed by atoms with Crippen LogP contribution in [0, 0.1) is 30.1 Å². The van der Waals surface area contributed by atoms with Crippen LogP contribution in [0.5, 0.6) is 0 Å². The molecule has 5 heteroatoms. The van der Waals surface area contributed by atoms with E-state index in [0.717, 1.165) is 24.8 Å². The molecule has 4 bridgehead atoms. The number of carbonyl (C=O) groups is 2. The minimum absolute atomic E-state index is 0.142. The van der Waals surface area contributed by atoms with Gasteiger partial charge in [0.15, 0.2) is 0 Å². The van der Waals surface area contributed by atoms with Gasteiger partial charge in [-0.3, -0.25) is 9.59 Å². The van der Waals surface area contributed by atoms with Crippen molar-refractivity contribution in [2.75, 3.05) is 5.32 Å². The van der Waals surface area contributed by atoms with Crippen molar-refractivity contribution in [1.82, 2.24) is 10.3 Å². The van der Waals surface area contributed by atoms with Gasteiger partial charge in [0.25, 0.3) is 5.91 Å². The van der Waals surface area contributed by atoms with Crippen LogP contribution in [0.2, 0.25) is 0 Å². The lowest BCUT2D eigenvalue weighted by molar-refractivity contribution is -0.129. The van der Waals surface area contributed by atoms with E-state index < -0.39 is 6.04 Å². The highest BCUT2D eigenvalue weighted by molar-refractivity contribution is 6.01. The van der Waals surface area contributed by atoms with Crippen LogP contribution < -0.4 is 10.6 Å². The van der Waals surface area contributed by atoms with E-state index in [1.807, 2.05) is 43.3 Å². The van der Waals surface area contributed by atoms with Crippen molar-refractivity contribution in [2.24, 2.45) is 23.2 Å². The summed E-state index contributed by atoms with van der Waals surface area (Å²) < 4.78 is 0. The Balaban J connectivity index is 1.44. The van der Waals surface area contributed by atoms with E-state index in [-0.39, 0.29) is 17.2 Å². The largest absolute Gasteiger partial charge is 0.340 e. The summed E-state index contributed by atoms with van der Waals surface area (Å²) in [4.78, 5) is 30.8. The monoisotopic (exact) mass is 403 g/mol. The average molecular weight is 404 g/mol. The van der Waals surface area contributed by atoms with Gasteiger partial charge in [0.05, 0.1) is 0 Å². The van der Waals surface area contributed by atoms with Crippen molar-refractivity contribution in [1.29, 1.82) is 0 Å². The topological polar surface area (TPSA) is 71.1 Å². The van der Waals surface area contributed by atoms with Crippen LogP contribution in [-0.2, 0) is 4.79 Å². The van der Waals surface area contributed by atoms with E-state index in [2.05, 4.69) is 15.6 Å². The first-order valence-electron chi connectivity index (χ1n) is 11.1. The molecule has 4 aliphatic carbocycles. The summed E-state index contributed by atoms with van der Waals surface area (Å²) >= 11 is 0. The molecule has 4 fully saturated rings. The summed E-state index contributed by atoms with van der Waals surface area (Å²) in [5.41, 5.74) is 1.56. The van der Waals surface area contributed by atoms with Gasteiger partial charge < -0.3 is 10.6 Å². The Bertz CT molecular complexity index is 903. The highest BCUT2D eigenvalue weighted by Gasteiger charge is 2.56. The van der Waals surface area contributed by atoms with Crippen LogP contribution in [0.25, 0.3) is 0 Å². The maximum absolute atomic E-state index is 13.5. The molecule has 1 aromatic heterocycles. The van der Waals surface area contributed by atoms with Crippen LogP contribution in [0.3, 0.4) is 0 Å². The molecule has 4 saturated carbocycles. The first-order chi connectivity index (χ1) is 14.5. The minimum atomic E-state index is -0.540. The number of hydrogen-bond acceptors (Lipinski definition) is 3. The summed E-state index contributed by atoms with van der Waals surface area (Å²) in [7, 11) is 0. The summed E-state index contributed by atoms with van der Waals surface area (Å²) in [6.07, 6.45) is 8.65. The number of anilines is 1. The molecule has 1 aromatic carbocycles. The van der Waals surface area contributed by atoms with Gasteiger partial charge in [0.2, 0.25) is 5.91 Å². The number of amides is 2. The summed E-state index contributed by atoms with van der Waals surface area (Å²) in [5.74, 6) is 2.29. The van der Waals surface area contributed by atoms with E-state index >= 15 is 0 Å². The lowest BCUT2D eigenvalue weighted by atomic mass is 9.47. The molecule has 0 aliphatic heterocycles. The normalized spacial score (nSPS) is 30.0. The number of benzene rings is 1. The van der Waals surface area contributed by atoms with Gasteiger partial charge in [-0.05, 0) is 87.5 Å². The van der Waals surface area contributed by atoms with Gasteiger partial charge >= 0.3 is 0 Å². The first kappa shape index (κ1) is 19.3. The number of pyridine rings is 1. The highest BCUT2D eigenvalue weighted by atomic mass is 16.2. The zero-order valence-corrected chi connectivity index (χ0v) is 17.4. The second-order valence-corrected chi connectivity index (χ2v) is 9.76. The Morgan fingerprint density at radius 2 is 1.60 bits per heavy atom. The zero-order chi connectivity index (χ0) is 20.7. The zero-order valence-electron chi connectivity index (χ0n) is 17.4. The predicted octanol–water partition coefficient (Wildman–Crippen LogP) is 4.34. The molecule has 1 heterocycles. The molecule has 0 radical (unpaired) electrons. The third-order valence-electron chi connectivity index (χ3n) is 7.47. The van der Waals surface area contributed by atoms with E-state index in [1.54, 1.807) is 12.3 Å². The Hall–Kier alpha value is -2.69. The van der Waals surface area contributed by atoms with Crippen molar-refractivity contribution in [3.05, 3.63) is 59.8 Å². The quantitative estimate of drug-likeness (QED) is 0.780. The fraction of sp³-hybridized carbons (Fsp3) is 0.480. The van der Waals surface area contributed by atoms with Crippen LogP contribution >= 0.6 is 0 Å². The molecule has 6 rings (SSSR count). The lowest BCUT2D eigenvalue weighted by Gasteiger charge is -2.58. The minimum Gasteiger partial charge on any atom is -0.340 e. The SMILES string of the molecule is Cc1ccc(C(=O)N[C@@H](C(=O)Nc2ccccn2)C23CC4CC(CC(C4)C2)C3)cc1. The van der Waals surface area contributed by atoms with E-state index in [0.29, 0.717) is 29.1 Å². The second-order valence-electron chi connectivity index (χ2n) is 9.76. The fourth-order valence-corrected chi connectivity index (χ4v) is 6.58. The highest BCUT2D eigenvalue weighted by Crippen LogP contribution is 2.61. The molecule has 2 N–H and O–H groups in total. The summed E-state index contributed by atoms with van der Waals surface area (Å²) in [6.45, 7) is 2.00. The Labute approximate surface area is 177 Å². The molecule has 5 nitrogen and oxygen atoms in total. The molecule has 2 aromatic rings. The van der Waals surface area contributed by atoms with Crippen molar-refractivity contribution >= 4 is 17.6 Å². The molecule has 156 valence electrons. The Kier molecular flexibility index (Phi) is 4.84. The predicted molar refractivity (Wildman–Crippen MR) is 116 cm³/mol. The van der Waals surface area contributed by atoms with Crippen molar-refractivity contribution in [3.63, 3.8) is 0 Å². The summed E-state index contributed by atoms with van der Waals surface area (Å²) in [5, 5.41) is 6.12. The maximum atomic E-state index is 13.5. The molecule has 4 aliphatic rings. The molecule has 0 spiro atoms. The fourth-order valence-electron chi connectivity index (χ4n) is 6.58. The molecule has 1 atom stereocenters. The van der Waals surface area contributed by atoms with Crippen LogP contribution in [-0.4, -0.2) is 22.8 Å². The number of aromatic nitrogens is 1. The number of nitrogens with zero attached hydrogens (tertiary/aromatic N) is 1. The number of hydrogen-bond donors (Lipinski definition) is 2. The Morgan fingerprint density at radius 1 is 0.967 bits per heavy atom. The number of nitrogens with one attached hydrogen (secondary N) is 2. The smallest absolute Gasteiger partial charge is 0.251 e. The maximum Gasteiger partial charge on any atom is 0.251 e. The van der Waals surface area contributed by atoms with Gasteiger partial charge in [-0.1, -0.05) is 23.8 Å². The standard InChI is InChI=1S/C25H29N3O2/c1-16-5-7-20(8-6-16)23(29)28-22(24(30)27-21-4-2-3-9-26-21)25-13-17-10-18(14-25)12-19(11-17)15-25/h2-9,17-19,22H,10-15H2,1H3,(H,28,29)(H,26,27,30)/t17?,18?,19?,22-,25?/m0/s1. The second kappa shape index (κ2) is 7.53. The van der Waals surface area contributed by atoms with Crippen LogP contribution in [0.15, 0.2) is 48.7 Å². The number of aryl methyl sites for hydroxylation is 1. The molecule has 30 heavy (non-hydrogen) atoms. The number of carbonyl (C=O) groups excluding carboxylic acids is 2. The van der Waals surface area contributed by atoms with Gasteiger partial charge in [-0.25, -0.2) is 4.98 Å². The van der Waals surface area contributed by atoms with Gasteiger partial charge in [0.1, 0.15) is 11.9 Å². The first-order valence-corrected chi connectivity index (χ1v) is 11.1. The molecular formula is C25H29N3O2. The van der Waals surface area contributed by atoms with E-state index in [1.165, 1.54) is 19.3 Å². The lowest BCUT2D eigenvalue weighted by Crippen LogP contribution is -2.61. The molecule has 0 saturated heterocycles. The van der Waals surface area contributed by atoms with E-state index in [4.69, 9.17) is 0 Å². The molecule has 0 unspecified atom stereocenters. The average Bonchev–Trinajstić information content (AvgIpc) is 2.72. The third-order valence-corrected chi connectivity index (χ3v) is 7.47. The van der Waals surface area contributed by atoms with Gasteiger partial charge in [-0.15, -0.1) is 0 Å². The van der Waals surface area contributed by atoms with Crippen LogP contribution in [0.4, 0.5) is 5.82 Å². The van der Waals surface area contributed by atoms with Crippen LogP contribution in [0.1, 0.15) is 54.4 Å². The van der Waals surface area contributed by atoms with Crippen molar-refractivity contribution < 1.29 is 9.59 Å². The van der Waals surface area contributed by atoms with Crippen molar-refractivity contribution in [3.8, 4) is 0 Å². The number of rotatable bonds is 5.